The number of nitrogens with zero attached hydrogens (tertiary/aromatic N) is 2. The molecule has 0 saturated heterocycles. The van der Waals surface area contributed by atoms with Crippen LogP contribution in [0.25, 0.3) is 22.8 Å². The van der Waals surface area contributed by atoms with Crippen molar-refractivity contribution < 1.29 is 4.42 Å². The molecule has 0 amide bonds. The van der Waals surface area contributed by atoms with Gasteiger partial charge >= 0.3 is 0 Å². The Hall–Kier alpha value is -2.42. The van der Waals surface area contributed by atoms with Gasteiger partial charge in [0.2, 0.25) is 5.89 Å². The lowest BCUT2D eigenvalue weighted by Crippen LogP contribution is -1.84. The molecule has 4 rings (SSSR count). The van der Waals surface area contributed by atoms with Crippen LogP contribution in [0.5, 0.6) is 0 Å². The first-order valence-electron chi connectivity index (χ1n) is 5.91. The topological polar surface area (TPSA) is 38.9 Å². The minimum Gasteiger partial charge on any atom is -0.439 e. The Morgan fingerprint density at radius 1 is 1.00 bits per heavy atom. The molecule has 0 radical (unpaired) electrons. The lowest BCUT2D eigenvalue weighted by atomic mass is 10.1. The van der Waals surface area contributed by atoms with Crippen molar-refractivity contribution in [2.75, 3.05) is 0 Å². The highest BCUT2D eigenvalue weighted by Crippen LogP contribution is 2.37. The van der Waals surface area contributed by atoms with Gasteiger partial charge in [-0.15, -0.1) is 0 Å². The van der Waals surface area contributed by atoms with Crippen LogP contribution < -0.4 is 0 Å². The molecular weight excluding hydrogens is 224 g/mol. The molecule has 2 aromatic heterocycles. The summed E-state index contributed by atoms with van der Waals surface area (Å²) in [6.07, 6.45) is 2.57. The summed E-state index contributed by atoms with van der Waals surface area (Å²) >= 11 is 0. The van der Waals surface area contributed by atoms with Crippen molar-refractivity contribution in [2.24, 2.45) is 0 Å². The standard InChI is InChI=1S/C15H10N2O/c1-2-6-11-10(5-1)9-13-14(11)17-15(18-13)12-7-3-4-8-16-12/h1-8H,9H2. The maximum Gasteiger partial charge on any atom is 0.245 e. The summed E-state index contributed by atoms with van der Waals surface area (Å²) < 4.78 is 5.82. The third-order valence-corrected chi connectivity index (χ3v) is 3.20. The first kappa shape index (κ1) is 9.59. The molecule has 0 aliphatic heterocycles. The maximum absolute atomic E-state index is 5.82. The second-order valence-electron chi connectivity index (χ2n) is 4.34. The molecule has 0 atom stereocenters. The molecule has 86 valence electrons. The third kappa shape index (κ3) is 1.31. The van der Waals surface area contributed by atoms with Gasteiger partial charge in [-0.3, -0.25) is 4.98 Å². The number of aromatic nitrogens is 2. The van der Waals surface area contributed by atoms with Gasteiger partial charge in [0.25, 0.3) is 0 Å². The van der Waals surface area contributed by atoms with Crippen molar-refractivity contribution in [3.63, 3.8) is 0 Å². The molecular formula is C15H10N2O. The predicted molar refractivity (Wildman–Crippen MR) is 68.0 cm³/mol. The van der Waals surface area contributed by atoms with Crippen LogP contribution in [0.4, 0.5) is 0 Å². The zero-order valence-corrected chi connectivity index (χ0v) is 9.63. The van der Waals surface area contributed by atoms with E-state index >= 15 is 0 Å². The monoisotopic (exact) mass is 234 g/mol. The molecule has 0 spiro atoms. The largest absolute Gasteiger partial charge is 0.439 e. The molecule has 0 unspecified atom stereocenters. The van der Waals surface area contributed by atoms with E-state index in [9.17, 15) is 0 Å². The molecule has 1 aliphatic carbocycles. The summed E-state index contributed by atoms with van der Waals surface area (Å²) in [6.45, 7) is 0. The van der Waals surface area contributed by atoms with Crippen LogP contribution in [0.1, 0.15) is 11.3 Å². The highest BCUT2D eigenvalue weighted by atomic mass is 16.4. The first-order chi connectivity index (χ1) is 8.92. The number of oxazole rings is 1. The Kier molecular flexibility index (Phi) is 1.88. The van der Waals surface area contributed by atoms with Crippen molar-refractivity contribution >= 4 is 0 Å². The van der Waals surface area contributed by atoms with Crippen molar-refractivity contribution in [3.8, 4) is 22.8 Å². The van der Waals surface area contributed by atoms with E-state index in [1.165, 1.54) is 11.1 Å². The summed E-state index contributed by atoms with van der Waals surface area (Å²) in [6, 6.07) is 14.0. The Balaban J connectivity index is 1.86. The zero-order chi connectivity index (χ0) is 11.9. The van der Waals surface area contributed by atoms with Gasteiger partial charge in [0.05, 0.1) is 0 Å². The van der Waals surface area contributed by atoms with Crippen molar-refractivity contribution in [3.05, 3.63) is 60.0 Å². The Morgan fingerprint density at radius 3 is 2.78 bits per heavy atom. The van der Waals surface area contributed by atoms with Crippen LogP contribution in [-0.2, 0) is 6.42 Å². The summed E-state index contributed by atoms with van der Waals surface area (Å²) in [4.78, 5) is 8.83. The third-order valence-electron chi connectivity index (χ3n) is 3.20. The fourth-order valence-corrected chi connectivity index (χ4v) is 2.36. The van der Waals surface area contributed by atoms with E-state index in [4.69, 9.17) is 4.42 Å². The van der Waals surface area contributed by atoms with E-state index in [0.29, 0.717) is 5.89 Å². The Morgan fingerprint density at radius 2 is 1.89 bits per heavy atom. The molecule has 0 fully saturated rings. The van der Waals surface area contributed by atoms with Gasteiger partial charge in [-0.25, -0.2) is 4.98 Å². The Bertz CT molecular complexity index is 716. The minimum atomic E-state index is 0.607. The average molecular weight is 234 g/mol. The van der Waals surface area contributed by atoms with Gasteiger partial charge in [0.1, 0.15) is 17.1 Å². The molecule has 3 nitrogen and oxygen atoms in total. The average Bonchev–Trinajstić information content (AvgIpc) is 2.97. The molecule has 3 heteroatoms. The number of benzene rings is 1. The van der Waals surface area contributed by atoms with Crippen LogP contribution in [0.15, 0.2) is 53.1 Å². The quantitative estimate of drug-likeness (QED) is 0.507. The molecule has 0 N–H and O–H groups in total. The summed E-state index contributed by atoms with van der Waals surface area (Å²) in [5.41, 5.74) is 4.21. The lowest BCUT2D eigenvalue weighted by molar-refractivity contribution is 0.531. The van der Waals surface area contributed by atoms with Crippen LogP contribution in [-0.4, -0.2) is 9.97 Å². The fourth-order valence-electron chi connectivity index (χ4n) is 2.36. The number of hydrogen-bond donors (Lipinski definition) is 0. The fraction of sp³-hybridized carbons (Fsp3) is 0.0667. The molecule has 0 bridgehead atoms. The van der Waals surface area contributed by atoms with E-state index in [2.05, 4.69) is 22.1 Å². The van der Waals surface area contributed by atoms with Crippen LogP contribution in [0.2, 0.25) is 0 Å². The normalized spacial score (nSPS) is 12.2. The maximum atomic E-state index is 5.82. The second kappa shape index (κ2) is 3.53. The van der Waals surface area contributed by atoms with E-state index in [-0.39, 0.29) is 0 Å². The van der Waals surface area contributed by atoms with Gasteiger partial charge in [-0.05, 0) is 17.7 Å². The number of rotatable bonds is 1. The first-order valence-corrected chi connectivity index (χ1v) is 5.91. The van der Waals surface area contributed by atoms with Gasteiger partial charge in [0.15, 0.2) is 0 Å². The Labute approximate surface area is 104 Å². The number of fused-ring (bicyclic) bond motifs is 3. The summed E-state index contributed by atoms with van der Waals surface area (Å²) in [5, 5.41) is 0. The highest BCUT2D eigenvalue weighted by molar-refractivity contribution is 5.73. The van der Waals surface area contributed by atoms with Crippen molar-refractivity contribution in [2.45, 2.75) is 6.42 Å². The van der Waals surface area contributed by atoms with Crippen molar-refractivity contribution in [1.29, 1.82) is 0 Å². The zero-order valence-electron chi connectivity index (χ0n) is 9.63. The second-order valence-corrected chi connectivity index (χ2v) is 4.34. The van der Waals surface area contributed by atoms with E-state index in [1.54, 1.807) is 6.20 Å². The van der Waals surface area contributed by atoms with Crippen LogP contribution in [0, 0.1) is 0 Å². The number of pyridine rings is 1. The summed E-state index contributed by atoms with van der Waals surface area (Å²) in [7, 11) is 0. The molecule has 3 aromatic rings. The smallest absolute Gasteiger partial charge is 0.245 e. The van der Waals surface area contributed by atoms with Crippen molar-refractivity contribution in [1.82, 2.24) is 9.97 Å². The van der Waals surface area contributed by atoms with Crippen LogP contribution in [0.3, 0.4) is 0 Å². The van der Waals surface area contributed by atoms with E-state index in [0.717, 1.165) is 23.6 Å². The highest BCUT2D eigenvalue weighted by Gasteiger charge is 2.25. The van der Waals surface area contributed by atoms with Gasteiger partial charge in [-0.2, -0.15) is 0 Å². The molecule has 18 heavy (non-hydrogen) atoms. The summed E-state index contributed by atoms with van der Waals surface area (Å²) in [5.74, 6) is 1.55. The lowest BCUT2D eigenvalue weighted by Gasteiger charge is -1.97. The predicted octanol–water partition coefficient (Wildman–Crippen LogP) is 3.31. The van der Waals surface area contributed by atoms with E-state index in [1.807, 2.05) is 30.3 Å². The van der Waals surface area contributed by atoms with Crippen LogP contribution >= 0.6 is 0 Å². The minimum absolute atomic E-state index is 0.607. The number of hydrogen-bond acceptors (Lipinski definition) is 3. The molecule has 0 saturated carbocycles. The van der Waals surface area contributed by atoms with Gasteiger partial charge in [0, 0.05) is 18.2 Å². The molecule has 1 aromatic carbocycles. The SMILES string of the molecule is c1ccc(-c2nc3c(o2)Cc2ccccc2-3)nc1. The van der Waals surface area contributed by atoms with Gasteiger partial charge < -0.3 is 4.42 Å². The van der Waals surface area contributed by atoms with E-state index < -0.39 is 0 Å². The van der Waals surface area contributed by atoms with Gasteiger partial charge in [-0.1, -0.05) is 30.3 Å². The molecule has 1 aliphatic rings. The molecule has 2 heterocycles.